The van der Waals surface area contributed by atoms with Crippen LogP contribution >= 0.6 is 11.6 Å². The number of hydrogen-bond acceptors (Lipinski definition) is 3. The first kappa shape index (κ1) is 25.5. The van der Waals surface area contributed by atoms with Crippen LogP contribution in [0.3, 0.4) is 0 Å². The van der Waals surface area contributed by atoms with E-state index in [4.69, 9.17) is 11.6 Å². The van der Waals surface area contributed by atoms with Crippen molar-refractivity contribution in [1.29, 1.82) is 0 Å². The first-order valence-electron chi connectivity index (χ1n) is 11.5. The summed E-state index contributed by atoms with van der Waals surface area (Å²) < 4.78 is 28.6. The van der Waals surface area contributed by atoms with Crippen molar-refractivity contribution in [3.05, 3.63) is 124 Å². The van der Waals surface area contributed by atoms with Crippen molar-refractivity contribution in [2.24, 2.45) is 0 Å². The summed E-state index contributed by atoms with van der Waals surface area (Å²) in [6.45, 7) is 5.90. The Bertz CT molecular complexity index is 1500. The van der Waals surface area contributed by atoms with Crippen molar-refractivity contribution < 1.29 is 13.2 Å². The van der Waals surface area contributed by atoms with E-state index < -0.39 is 10.0 Å². The molecular weight excluding hydrogens is 492 g/mol. The molecule has 1 amide bonds. The third-order valence-corrected chi connectivity index (χ3v) is 7.91. The second kappa shape index (κ2) is 10.6. The van der Waals surface area contributed by atoms with Crippen LogP contribution in [0.4, 0.5) is 11.4 Å². The molecule has 0 aliphatic carbocycles. The van der Waals surface area contributed by atoms with Gasteiger partial charge < -0.3 is 5.32 Å². The Balaban J connectivity index is 1.61. The van der Waals surface area contributed by atoms with Crippen LogP contribution in [0, 0.1) is 20.8 Å². The highest BCUT2D eigenvalue weighted by molar-refractivity contribution is 7.92. The Morgan fingerprint density at radius 2 is 1.50 bits per heavy atom. The molecule has 4 rings (SSSR count). The molecule has 4 aromatic carbocycles. The molecule has 184 valence electrons. The fourth-order valence-corrected chi connectivity index (χ4v) is 5.41. The number of anilines is 2. The Morgan fingerprint density at radius 1 is 0.833 bits per heavy atom. The van der Waals surface area contributed by atoms with Crippen LogP contribution < -0.4 is 9.62 Å². The van der Waals surface area contributed by atoms with Gasteiger partial charge in [-0.15, -0.1) is 0 Å². The fraction of sp³-hybridized carbons (Fsp3) is 0.138. The largest absolute Gasteiger partial charge is 0.322 e. The molecule has 7 heteroatoms. The molecule has 0 saturated heterocycles. The minimum atomic E-state index is -3.87. The SMILES string of the molecule is Cc1ccc(S(=O)(=O)N(Cc2ccc(C(=O)Nc3cc(C)ccc3C)cc2)c2cccc(Cl)c2)cc1. The summed E-state index contributed by atoms with van der Waals surface area (Å²) >= 11 is 6.19. The highest BCUT2D eigenvalue weighted by atomic mass is 35.5. The van der Waals surface area contributed by atoms with Gasteiger partial charge >= 0.3 is 0 Å². The van der Waals surface area contributed by atoms with E-state index in [0.29, 0.717) is 16.3 Å². The number of nitrogens with zero attached hydrogens (tertiary/aromatic N) is 1. The number of aryl methyl sites for hydroxylation is 3. The van der Waals surface area contributed by atoms with Gasteiger partial charge in [-0.3, -0.25) is 9.10 Å². The molecule has 0 radical (unpaired) electrons. The van der Waals surface area contributed by atoms with Crippen molar-refractivity contribution in [1.82, 2.24) is 0 Å². The first-order chi connectivity index (χ1) is 17.1. The number of rotatable bonds is 7. The second-order valence-electron chi connectivity index (χ2n) is 8.77. The number of carbonyl (C=O) groups is 1. The van der Waals surface area contributed by atoms with Crippen molar-refractivity contribution >= 4 is 38.9 Å². The smallest absolute Gasteiger partial charge is 0.264 e. The van der Waals surface area contributed by atoms with Gasteiger partial charge in [0.1, 0.15) is 0 Å². The number of sulfonamides is 1. The molecule has 0 saturated carbocycles. The normalized spacial score (nSPS) is 11.2. The average Bonchev–Trinajstić information content (AvgIpc) is 2.85. The Hall–Kier alpha value is -3.61. The third-order valence-electron chi connectivity index (χ3n) is 5.89. The van der Waals surface area contributed by atoms with Gasteiger partial charge in [0.15, 0.2) is 0 Å². The van der Waals surface area contributed by atoms with Gasteiger partial charge in [0, 0.05) is 16.3 Å². The Morgan fingerprint density at radius 3 is 2.17 bits per heavy atom. The van der Waals surface area contributed by atoms with Crippen LogP contribution in [-0.2, 0) is 16.6 Å². The standard InChI is InChI=1S/C29H27ClN2O3S/c1-20-8-15-27(16-9-20)36(34,35)32(26-6-4-5-25(30)18-26)19-23-11-13-24(14-12-23)29(33)31-28-17-21(2)7-10-22(28)3/h4-18H,19H2,1-3H3,(H,31,33). The van der Waals surface area contributed by atoms with E-state index in [-0.39, 0.29) is 17.3 Å². The minimum absolute atomic E-state index is 0.0788. The molecule has 0 heterocycles. The average molecular weight is 519 g/mol. The molecule has 0 bridgehead atoms. The zero-order valence-electron chi connectivity index (χ0n) is 20.3. The summed E-state index contributed by atoms with van der Waals surface area (Å²) in [6.07, 6.45) is 0. The molecule has 0 aliphatic rings. The minimum Gasteiger partial charge on any atom is -0.322 e. The molecule has 0 aromatic heterocycles. The van der Waals surface area contributed by atoms with E-state index in [1.54, 1.807) is 72.8 Å². The summed E-state index contributed by atoms with van der Waals surface area (Å²) in [4.78, 5) is 13.0. The lowest BCUT2D eigenvalue weighted by Gasteiger charge is -2.25. The van der Waals surface area contributed by atoms with Crippen LogP contribution in [0.25, 0.3) is 0 Å². The molecule has 0 unspecified atom stereocenters. The lowest BCUT2D eigenvalue weighted by molar-refractivity contribution is 0.102. The molecule has 0 atom stereocenters. The van der Waals surface area contributed by atoms with Gasteiger partial charge in [0.2, 0.25) is 0 Å². The predicted octanol–water partition coefficient (Wildman–Crippen LogP) is 6.91. The van der Waals surface area contributed by atoms with E-state index in [2.05, 4.69) is 5.32 Å². The zero-order chi connectivity index (χ0) is 25.9. The molecule has 0 aliphatic heterocycles. The van der Waals surface area contributed by atoms with Crippen molar-refractivity contribution in [2.75, 3.05) is 9.62 Å². The maximum absolute atomic E-state index is 13.6. The highest BCUT2D eigenvalue weighted by Gasteiger charge is 2.25. The van der Waals surface area contributed by atoms with Crippen LogP contribution in [0.5, 0.6) is 0 Å². The quantitative estimate of drug-likeness (QED) is 0.289. The number of benzene rings is 4. The van der Waals surface area contributed by atoms with Crippen molar-refractivity contribution in [3.8, 4) is 0 Å². The van der Waals surface area contributed by atoms with Gasteiger partial charge in [-0.1, -0.05) is 59.6 Å². The first-order valence-corrected chi connectivity index (χ1v) is 13.3. The molecule has 0 spiro atoms. The zero-order valence-corrected chi connectivity index (χ0v) is 21.9. The number of nitrogens with one attached hydrogen (secondary N) is 1. The number of hydrogen-bond donors (Lipinski definition) is 1. The summed E-state index contributed by atoms with van der Waals surface area (Å²) in [5.41, 5.74) is 5.44. The maximum Gasteiger partial charge on any atom is 0.264 e. The van der Waals surface area contributed by atoms with Gasteiger partial charge in [-0.2, -0.15) is 0 Å². The summed E-state index contributed by atoms with van der Waals surface area (Å²) in [7, 11) is -3.87. The van der Waals surface area contributed by atoms with E-state index >= 15 is 0 Å². The monoisotopic (exact) mass is 518 g/mol. The van der Waals surface area contributed by atoms with Crippen LogP contribution in [0.1, 0.15) is 32.6 Å². The molecule has 5 nitrogen and oxygen atoms in total. The summed E-state index contributed by atoms with van der Waals surface area (Å²) in [6, 6.07) is 26.3. The van der Waals surface area contributed by atoms with E-state index in [9.17, 15) is 13.2 Å². The Kier molecular flexibility index (Phi) is 7.48. The van der Waals surface area contributed by atoms with Gasteiger partial charge in [0.05, 0.1) is 17.1 Å². The lowest BCUT2D eigenvalue weighted by atomic mass is 10.1. The molecule has 1 N–H and O–H groups in total. The molecule has 4 aromatic rings. The highest BCUT2D eigenvalue weighted by Crippen LogP contribution is 2.28. The van der Waals surface area contributed by atoms with Gasteiger partial charge in [-0.05, 0) is 86.0 Å². The van der Waals surface area contributed by atoms with Crippen LogP contribution in [-0.4, -0.2) is 14.3 Å². The topological polar surface area (TPSA) is 66.5 Å². The molecular formula is C29H27ClN2O3S. The van der Waals surface area contributed by atoms with E-state index in [1.807, 2.05) is 39.0 Å². The number of carbonyl (C=O) groups excluding carboxylic acids is 1. The summed E-state index contributed by atoms with van der Waals surface area (Å²) in [5.74, 6) is -0.228. The lowest BCUT2D eigenvalue weighted by Crippen LogP contribution is -2.30. The maximum atomic E-state index is 13.6. The van der Waals surface area contributed by atoms with Gasteiger partial charge in [-0.25, -0.2) is 8.42 Å². The Labute approximate surface area is 217 Å². The number of amides is 1. The molecule has 36 heavy (non-hydrogen) atoms. The fourth-order valence-electron chi connectivity index (χ4n) is 3.78. The third kappa shape index (κ3) is 5.78. The second-order valence-corrected chi connectivity index (χ2v) is 11.1. The van der Waals surface area contributed by atoms with Crippen molar-refractivity contribution in [2.45, 2.75) is 32.2 Å². The van der Waals surface area contributed by atoms with Crippen LogP contribution in [0.2, 0.25) is 5.02 Å². The number of halogens is 1. The predicted molar refractivity (Wildman–Crippen MR) is 146 cm³/mol. The van der Waals surface area contributed by atoms with Crippen molar-refractivity contribution in [3.63, 3.8) is 0 Å². The molecule has 0 fully saturated rings. The van der Waals surface area contributed by atoms with Gasteiger partial charge in [0.25, 0.3) is 15.9 Å². The van der Waals surface area contributed by atoms with Crippen LogP contribution in [0.15, 0.2) is 95.9 Å². The van der Waals surface area contributed by atoms with E-state index in [0.717, 1.165) is 27.9 Å². The van der Waals surface area contributed by atoms with E-state index in [1.165, 1.54) is 4.31 Å². The summed E-state index contributed by atoms with van der Waals surface area (Å²) in [5, 5.41) is 3.39.